The standard InChI is InChI=1S/C35H49N3O6/c1-24(2)35(33(44)37-3,30(40)20-26-15-9-5-10-16-26)22-29(39)28(19-25-13-7-4-8-14-25)38-32(43)34(36,23-31(41)42)21-27-17-11-6-12-18-27/h5-6,9-12,15-18,24-25,28-29,39H,4,7-8,13-14,19-23,36H2,1-3H3,(H,37,44)(H,38,43)(H,41,42)/t28-,29-,34-,35-/m0/s1. The van der Waals surface area contributed by atoms with Crippen molar-refractivity contribution >= 4 is 23.6 Å². The number of aliphatic hydroxyl groups excluding tert-OH is 1. The number of nitrogens with one attached hydrogen (secondary N) is 2. The molecule has 2 amide bonds. The summed E-state index contributed by atoms with van der Waals surface area (Å²) in [6, 6.07) is 17.3. The summed E-state index contributed by atoms with van der Waals surface area (Å²) < 4.78 is 0. The van der Waals surface area contributed by atoms with Gasteiger partial charge in [0, 0.05) is 13.5 Å². The summed E-state index contributed by atoms with van der Waals surface area (Å²) in [5, 5.41) is 27.1. The van der Waals surface area contributed by atoms with Crippen LogP contribution < -0.4 is 16.4 Å². The van der Waals surface area contributed by atoms with Gasteiger partial charge < -0.3 is 26.6 Å². The first kappa shape index (κ1) is 34.9. The van der Waals surface area contributed by atoms with Crippen LogP contribution in [-0.2, 0) is 32.0 Å². The van der Waals surface area contributed by atoms with E-state index in [1.54, 1.807) is 38.1 Å². The van der Waals surface area contributed by atoms with Crippen molar-refractivity contribution in [3.8, 4) is 0 Å². The number of aliphatic hydroxyl groups is 1. The first-order chi connectivity index (χ1) is 20.9. The van der Waals surface area contributed by atoms with Gasteiger partial charge in [0.2, 0.25) is 11.8 Å². The first-order valence-electron chi connectivity index (χ1n) is 15.7. The van der Waals surface area contributed by atoms with Crippen LogP contribution in [0, 0.1) is 17.3 Å². The third-order valence-electron chi connectivity index (χ3n) is 9.23. The molecule has 9 heteroatoms. The van der Waals surface area contributed by atoms with Gasteiger partial charge in [-0.2, -0.15) is 0 Å². The predicted octanol–water partition coefficient (Wildman–Crippen LogP) is 3.81. The van der Waals surface area contributed by atoms with Crippen molar-refractivity contribution in [1.29, 1.82) is 0 Å². The van der Waals surface area contributed by atoms with E-state index >= 15 is 0 Å². The fraction of sp³-hybridized carbons (Fsp3) is 0.543. The van der Waals surface area contributed by atoms with Gasteiger partial charge in [-0.15, -0.1) is 0 Å². The maximum Gasteiger partial charge on any atom is 0.305 e. The molecule has 9 nitrogen and oxygen atoms in total. The van der Waals surface area contributed by atoms with Crippen LogP contribution in [-0.4, -0.2) is 58.5 Å². The SMILES string of the molecule is CNC(=O)[C@](C[C@H](O)[C@H](CC1CCCCC1)NC(=O)[C@@](N)(CC(=O)O)Cc1ccccc1)(C(=O)Cc1ccccc1)C(C)C. The number of carbonyl (C=O) groups excluding carboxylic acids is 3. The van der Waals surface area contributed by atoms with Gasteiger partial charge in [0.1, 0.15) is 11.0 Å². The van der Waals surface area contributed by atoms with E-state index in [1.165, 1.54) is 7.05 Å². The highest BCUT2D eigenvalue weighted by molar-refractivity contribution is 6.07. The zero-order valence-corrected chi connectivity index (χ0v) is 26.3. The predicted molar refractivity (Wildman–Crippen MR) is 170 cm³/mol. The summed E-state index contributed by atoms with van der Waals surface area (Å²) in [6.45, 7) is 3.58. The van der Waals surface area contributed by atoms with E-state index < -0.39 is 53.2 Å². The van der Waals surface area contributed by atoms with Gasteiger partial charge >= 0.3 is 5.97 Å². The lowest BCUT2D eigenvalue weighted by Gasteiger charge is -2.39. The normalized spacial score (nSPS) is 18.0. The van der Waals surface area contributed by atoms with E-state index in [-0.39, 0.29) is 31.0 Å². The zero-order valence-electron chi connectivity index (χ0n) is 26.3. The smallest absolute Gasteiger partial charge is 0.305 e. The van der Waals surface area contributed by atoms with E-state index in [4.69, 9.17) is 5.73 Å². The van der Waals surface area contributed by atoms with Crippen LogP contribution in [0.15, 0.2) is 60.7 Å². The molecule has 1 saturated carbocycles. The van der Waals surface area contributed by atoms with Gasteiger partial charge in [0.25, 0.3) is 0 Å². The van der Waals surface area contributed by atoms with Gasteiger partial charge in [-0.25, -0.2) is 0 Å². The van der Waals surface area contributed by atoms with Crippen LogP contribution in [0.2, 0.25) is 0 Å². The fourth-order valence-electron chi connectivity index (χ4n) is 6.65. The second-order valence-corrected chi connectivity index (χ2v) is 12.8. The van der Waals surface area contributed by atoms with Gasteiger partial charge in [0.15, 0.2) is 5.78 Å². The Morgan fingerprint density at radius 1 is 0.909 bits per heavy atom. The highest BCUT2D eigenvalue weighted by Gasteiger charge is 2.50. The van der Waals surface area contributed by atoms with E-state index in [2.05, 4.69) is 10.6 Å². The number of hydrogen-bond donors (Lipinski definition) is 5. The molecule has 2 aromatic rings. The molecule has 240 valence electrons. The Morgan fingerprint density at radius 3 is 2.00 bits per heavy atom. The number of rotatable bonds is 16. The summed E-state index contributed by atoms with van der Waals surface area (Å²) in [6.07, 6.45) is 3.42. The molecule has 0 saturated heterocycles. The molecule has 1 aliphatic carbocycles. The number of carboxylic acids is 1. The van der Waals surface area contributed by atoms with E-state index in [1.807, 2.05) is 36.4 Å². The van der Waals surface area contributed by atoms with E-state index in [0.717, 1.165) is 37.7 Å². The fourth-order valence-corrected chi connectivity index (χ4v) is 6.65. The Bertz CT molecular complexity index is 1250. The average Bonchev–Trinajstić information content (AvgIpc) is 2.99. The molecule has 0 aromatic heterocycles. The Balaban J connectivity index is 1.95. The molecule has 0 unspecified atom stereocenters. The van der Waals surface area contributed by atoms with Crippen LogP contribution in [0.3, 0.4) is 0 Å². The van der Waals surface area contributed by atoms with Gasteiger partial charge in [-0.1, -0.05) is 107 Å². The number of Topliss-reactive ketones (excluding diaryl/α,β-unsaturated/α-hetero) is 1. The molecule has 4 atom stereocenters. The molecule has 1 fully saturated rings. The third-order valence-corrected chi connectivity index (χ3v) is 9.23. The lowest BCUT2D eigenvalue weighted by Crippen LogP contribution is -2.61. The van der Waals surface area contributed by atoms with Crippen molar-refractivity contribution in [1.82, 2.24) is 10.6 Å². The van der Waals surface area contributed by atoms with E-state index in [0.29, 0.717) is 12.0 Å². The van der Waals surface area contributed by atoms with Crippen molar-refractivity contribution in [3.63, 3.8) is 0 Å². The number of nitrogens with two attached hydrogens (primary N) is 1. The first-order valence-corrected chi connectivity index (χ1v) is 15.7. The third kappa shape index (κ3) is 8.99. The van der Waals surface area contributed by atoms with Crippen LogP contribution in [0.4, 0.5) is 0 Å². The van der Waals surface area contributed by atoms with Crippen LogP contribution >= 0.6 is 0 Å². The highest BCUT2D eigenvalue weighted by atomic mass is 16.4. The minimum atomic E-state index is -1.78. The molecule has 6 N–H and O–H groups in total. The number of aliphatic carboxylic acids is 1. The molecule has 1 aliphatic rings. The number of hydrogen-bond acceptors (Lipinski definition) is 6. The number of ketones is 1. The van der Waals surface area contributed by atoms with Crippen molar-refractivity contribution in [3.05, 3.63) is 71.8 Å². The summed E-state index contributed by atoms with van der Waals surface area (Å²) in [5.41, 5.74) is 4.67. The molecule has 2 aromatic carbocycles. The Morgan fingerprint density at radius 2 is 1.48 bits per heavy atom. The average molecular weight is 608 g/mol. The van der Waals surface area contributed by atoms with E-state index in [9.17, 15) is 29.4 Å². The summed E-state index contributed by atoms with van der Waals surface area (Å²) in [4.78, 5) is 53.3. The molecule has 44 heavy (non-hydrogen) atoms. The number of benzene rings is 2. The maximum atomic E-state index is 14.0. The lowest BCUT2D eigenvalue weighted by atomic mass is 9.66. The Kier molecular flexibility index (Phi) is 12.7. The van der Waals surface area contributed by atoms with Crippen molar-refractivity contribution < 1.29 is 29.4 Å². The van der Waals surface area contributed by atoms with Crippen LogP contribution in [0.5, 0.6) is 0 Å². The van der Waals surface area contributed by atoms with Crippen molar-refractivity contribution in [2.75, 3.05) is 7.05 Å². The van der Waals surface area contributed by atoms with Crippen molar-refractivity contribution in [2.24, 2.45) is 23.0 Å². The lowest BCUT2D eigenvalue weighted by molar-refractivity contribution is -0.148. The van der Waals surface area contributed by atoms with Crippen molar-refractivity contribution in [2.45, 2.75) is 95.7 Å². The molecule has 0 radical (unpaired) electrons. The maximum absolute atomic E-state index is 14.0. The molecule has 0 bridgehead atoms. The summed E-state index contributed by atoms with van der Waals surface area (Å²) in [7, 11) is 1.47. The quantitative estimate of drug-likeness (QED) is 0.182. The molecule has 3 rings (SSSR count). The molecule has 0 spiro atoms. The highest BCUT2D eigenvalue weighted by Crippen LogP contribution is 2.38. The Labute approximate surface area is 261 Å². The number of carbonyl (C=O) groups is 4. The molecule has 0 heterocycles. The number of amides is 2. The minimum Gasteiger partial charge on any atom is -0.481 e. The number of carboxylic acid groups (broad SMARTS) is 1. The van der Waals surface area contributed by atoms with Gasteiger partial charge in [-0.05, 0) is 42.2 Å². The molecular weight excluding hydrogens is 558 g/mol. The van der Waals surface area contributed by atoms with Gasteiger partial charge in [0.05, 0.1) is 18.6 Å². The largest absolute Gasteiger partial charge is 0.481 e. The Hall–Kier alpha value is -3.56. The van der Waals surface area contributed by atoms with Crippen LogP contribution in [0.1, 0.15) is 76.3 Å². The summed E-state index contributed by atoms with van der Waals surface area (Å²) >= 11 is 0. The second-order valence-electron chi connectivity index (χ2n) is 12.8. The minimum absolute atomic E-state index is 0.0120. The monoisotopic (exact) mass is 607 g/mol. The molecular formula is C35H49N3O6. The molecule has 0 aliphatic heterocycles. The zero-order chi connectivity index (χ0) is 32.3. The second kappa shape index (κ2) is 16.0. The summed E-state index contributed by atoms with van der Waals surface area (Å²) in [5.74, 6) is -2.94. The topological polar surface area (TPSA) is 159 Å². The van der Waals surface area contributed by atoms with Gasteiger partial charge in [-0.3, -0.25) is 19.2 Å². The van der Waals surface area contributed by atoms with Crippen LogP contribution in [0.25, 0.3) is 0 Å².